The molecule has 2 heteroatoms. The fourth-order valence-electron chi connectivity index (χ4n) is 2.83. The third-order valence-corrected chi connectivity index (χ3v) is 3.64. The minimum absolute atomic E-state index is 0. The normalized spacial score (nSPS) is 39.0. The summed E-state index contributed by atoms with van der Waals surface area (Å²) in [5, 5.41) is 0. The van der Waals surface area contributed by atoms with Crippen molar-refractivity contribution in [2.24, 2.45) is 11.8 Å². The number of methoxy groups -OCH3 is 1. The molecule has 0 aromatic heterocycles. The van der Waals surface area contributed by atoms with Crippen LogP contribution in [0.4, 0.5) is 0 Å². The second-order valence-electron chi connectivity index (χ2n) is 4.29. The topological polar surface area (TPSA) is 9.23 Å². The van der Waals surface area contributed by atoms with Crippen LogP contribution in [-0.2, 0) is 25.8 Å². The van der Waals surface area contributed by atoms with Gasteiger partial charge in [-0.2, -0.15) is 12.8 Å². The van der Waals surface area contributed by atoms with E-state index >= 15 is 0 Å². The minimum Gasteiger partial charge on any atom is -0.381 e. The van der Waals surface area contributed by atoms with E-state index in [4.69, 9.17) is 4.74 Å². The number of rotatable bonds is 1. The fraction of sp³-hybridized carbons (Fsp3) is 0.909. The smallest absolute Gasteiger partial charge is 0.0574 e. The molecule has 0 aromatic carbocycles. The van der Waals surface area contributed by atoms with Crippen LogP contribution < -0.4 is 0 Å². The Bertz CT molecular complexity index is 149. The summed E-state index contributed by atoms with van der Waals surface area (Å²) < 4.78 is 5.43. The first-order valence-corrected chi connectivity index (χ1v) is 5.24. The summed E-state index contributed by atoms with van der Waals surface area (Å²) in [5.41, 5.74) is 0. The largest absolute Gasteiger partial charge is 0.381 e. The molecule has 1 nitrogen and oxygen atoms in total. The summed E-state index contributed by atoms with van der Waals surface area (Å²) >= 11 is 0. The van der Waals surface area contributed by atoms with Gasteiger partial charge in [0.2, 0.25) is 0 Å². The monoisotopic (exact) mass is 351 g/mol. The molecule has 0 saturated heterocycles. The fourth-order valence-corrected chi connectivity index (χ4v) is 2.83. The molecule has 13 heavy (non-hydrogen) atoms. The Morgan fingerprint density at radius 1 is 1.15 bits per heavy atom. The maximum absolute atomic E-state index is 5.43. The van der Waals surface area contributed by atoms with E-state index in [1.165, 1.54) is 38.5 Å². The van der Waals surface area contributed by atoms with E-state index in [0.29, 0.717) is 6.10 Å². The summed E-state index contributed by atoms with van der Waals surface area (Å²) in [5.74, 6) is 1.99. The summed E-state index contributed by atoms with van der Waals surface area (Å²) in [4.78, 5) is 0. The van der Waals surface area contributed by atoms with E-state index in [-0.39, 0.29) is 21.1 Å². The van der Waals surface area contributed by atoms with Crippen molar-refractivity contribution in [2.75, 3.05) is 7.11 Å². The molecule has 2 aliphatic carbocycles. The number of hydrogen-bond acceptors (Lipinski definition) is 1. The van der Waals surface area contributed by atoms with Crippen LogP contribution >= 0.6 is 0 Å². The third-order valence-electron chi connectivity index (χ3n) is 3.64. The zero-order chi connectivity index (χ0) is 8.39. The van der Waals surface area contributed by atoms with Gasteiger partial charge in [0.05, 0.1) is 6.10 Å². The Labute approximate surface area is 95.9 Å². The van der Waals surface area contributed by atoms with Crippen molar-refractivity contribution in [1.82, 2.24) is 0 Å². The van der Waals surface area contributed by atoms with Gasteiger partial charge in [0.1, 0.15) is 0 Å². The number of hydrogen-bond donors (Lipinski definition) is 0. The van der Waals surface area contributed by atoms with Crippen LogP contribution in [0, 0.1) is 18.3 Å². The maximum atomic E-state index is 5.43. The Kier molecular flexibility index (Phi) is 4.97. The Hall–Kier alpha value is 0.648. The van der Waals surface area contributed by atoms with Gasteiger partial charge in [-0.25, -0.2) is 0 Å². The van der Waals surface area contributed by atoms with E-state index in [1.54, 1.807) is 0 Å². The van der Waals surface area contributed by atoms with Crippen LogP contribution in [0.5, 0.6) is 0 Å². The van der Waals surface area contributed by atoms with Gasteiger partial charge in [0.25, 0.3) is 0 Å². The van der Waals surface area contributed by atoms with Crippen LogP contribution in [0.1, 0.15) is 38.5 Å². The van der Waals surface area contributed by atoms with Gasteiger partial charge in [0, 0.05) is 28.2 Å². The van der Waals surface area contributed by atoms with Crippen LogP contribution in [0.15, 0.2) is 0 Å². The van der Waals surface area contributed by atoms with Gasteiger partial charge in [-0.05, 0) is 18.8 Å². The Balaban J connectivity index is 0.000000845. The third kappa shape index (κ3) is 2.80. The van der Waals surface area contributed by atoms with Crippen LogP contribution in [0.3, 0.4) is 0 Å². The molecule has 0 heterocycles. The van der Waals surface area contributed by atoms with Crippen LogP contribution in [0.25, 0.3) is 0 Å². The molecule has 0 radical (unpaired) electrons. The number of fused-ring (bicyclic) bond motifs is 1. The summed E-state index contributed by atoms with van der Waals surface area (Å²) in [6.45, 7) is 0. The first kappa shape index (κ1) is 11.7. The molecule has 2 aliphatic rings. The second-order valence-corrected chi connectivity index (χ2v) is 4.29. The maximum Gasteiger partial charge on any atom is 0.0574 e. The van der Waals surface area contributed by atoms with Crippen molar-refractivity contribution in [3.05, 3.63) is 6.42 Å². The molecule has 0 N–H and O–H groups in total. The molecule has 0 amide bonds. The second kappa shape index (κ2) is 5.51. The van der Waals surface area contributed by atoms with E-state index < -0.39 is 0 Å². The van der Waals surface area contributed by atoms with Gasteiger partial charge < -0.3 is 11.2 Å². The summed E-state index contributed by atoms with van der Waals surface area (Å²) in [6.07, 6.45) is 11.2. The summed E-state index contributed by atoms with van der Waals surface area (Å²) in [7, 11) is 1.86. The molecule has 2 saturated carbocycles. The van der Waals surface area contributed by atoms with Crippen molar-refractivity contribution >= 4 is 0 Å². The van der Waals surface area contributed by atoms with Crippen molar-refractivity contribution < 1.29 is 25.8 Å². The van der Waals surface area contributed by atoms with E-state index in [1.807, 2.05) is 7.11 Å². The average molecular weight is 351 g/mol. The molecule has 0 aromatic rings. The Morgan fingerprint density at radius 3 is 2.77 bits per heavy atom. The minimum atomic E-state index is 0. The van der Waals surface area contributed by atoms with E-state index in [9.17, 15) is 0 Å². The zero-order valence-corrected chi connectivity index (χ0v) is 11.3. The zero-order valence-electron chi connectivity index (χ0n) is 8.37. The first-order valence-electron chi connectivity index (χ1n) is 5.24. The molecule has 2 fully saturated rings. The molecule has 0 bridgehead atoms. The SMILES string of the molecule is COC1CCC2C[CH-]CCC2C1.[W]. The predicted molar refractivity (Wildman–Crippen MR) is 49.8 cm³/mol. The van der Waals surface area contributed by atoms with Crippen LogP contribution in [-0.4, -0.2) is 13.2 Å². The van der Waals surface area contributed by atoms with E-state index in [2.05, 4.69) is 6.42 Å². The molecular weight excluding hydrogens is 332 g/mol. The predicted octanol–water partition coefficient (Wildman–Crippen LogP) is 2.80. The molecule has 3 unspecified atom stereocenters. The van der Waals surface area contributed by atoms with Crippen molar-refractivity contribution in [2.45, 2.75) is 44.6 Å². The van der Waals surface area contributed by atoms with Gasteiger partial charge >= 0.3 is 0 Å². The van der Waals surface area contributed by atoms with Crippen LogP contribution in [0.2, 0.25) is 0 Å². The van der Waals surface area contributed by atoms with Crippen molar-refractivity contribution in [3.8, 4) is 0 Å². The van der Waals surface area contributed by atoms with Gasteiger partial charge in [-0.15, -0.1) is 0 Å². The molecular formula is C11H19OW-. The van der Waals surface area contributed by atoms with Gasteiger partial charge in [0.15, 0.2) is 0 Å². The summed E-state index contributed by atoms with van der Waals surface area (Å²) in [6, 6.07) is 0. The molecule has 76 valence electrons. The van der Waals surface area contributed by atoms with Crippen molar-refractivity contribution in [1.29, 1.82) is 0 Å². The molecule has 0 aliphatic heterocycles. The quantitative estimate of drug-likeness (QED) is 0.661. The van der Waals surface area contributed by atoms with E-state index in [0.717, 1.165) is 11.8 Å². The molecule has 3 atom stereocenters. The average Bonchev–Trinajstić information content (AvgIpc) is 2.17. The van der Waals surface area contributed by atoms with Gasteiger partial charge in [-0.1, -0.05) is 18.8 Å². The molecule has 2 rings (SSSR count). The number of ether oxygens (including phenoxy) is 1. The first-order chi connectivity index (χ1) is 5.90. The van der Waals surface area contributed by atoms with Gasteiger partial charge in [-0.3, -0.25) is 0 Å². The van der Waals surface area contributed by atoms with Crippen molar-refractivity contribution in [3.63, 3.8) is 0 Å². The Morgan fingerprint density at radius 2 is 2.00 bits per heavy atom. The standard InChI is InChI=1S/C11H19O.W/c1-12-11-7-6-9-4-2-3-5-10(9)8-11;/h2,9-11H,3-8H2,1H3;/q-1;. The molecule has 0 spiro atoms.